The third-order valence-electron chi connectivity index (χ3n) is 4.06. The highest BCUT2D eigenvalue weighted by Crippen LogP contribution is 2.23. The van der Waals surface area contributed by atoms with Gasteiger partial charge in [0.05, 0.1) is 32.6 Å². The molecule has 0 atom stereocenters. The number of rotatable bonds is 5. The molecule has 200 valence electrons. The Labute approximate surface area is 215 Å². The second-order valence-electron chi connectivity index (χ2n) is 6.93. The second kappa shape index (κ2) is 12.8. The number of hydrogen-bond acceptors (Lipinski definition) is 10. The Kier molecular flexibility index (Phi) is 10.8. The standard InChI is InChI=1S/C8H9NO2.C6H6ClNO3S.C6H6N2O5S/c9-7-3-1-2-6(4-7)5-8(10)11;7-5-3-4(12(9,10)11)1-2-6(5)8;7-5-2-1-4(8(9)10)3-6(5)14(11,12)13/h1-4H,5,9H2,(H,10,11);1-3H,8H2,(H,9,10,11);1-3H,7H2,(H,11,12,13). The molecule has 0 radical (unpaired) electrons. The fourth-order valence-corrected chi connectivity index (χ4v) is 3.79. The lowest BCUT2D eigenvalue weighted by Crippen LogP contribution is -2.03. The fourth-order valence-electron chi connectivity index (χ4n) is 2.41. The minimum absolute atomic E-state index is 0.0328. The minimum Gasteiger partial charge on any atom is -0.481 e. The van der Waals surface area contributed by atoms with Gasteiger partial charge in [-0.15, -0.1) is 0 Å². The van der Waals surface area contributed by atoms with E-state index in [4.69, 9.17) is 43.0 Å². The molecular formula is C20H21ClN4O10S2. The maximum absolute atomic E-state index is 10.7. The van der Waals surface area contributed by atoms with Crippen LogP contribution in [0.4, 0.5) is 22.7 Å². The van der Waals surface area contributed by atoms with Gasteiger partial charge in [-0.3, -0.25) is 24.0 Å². The number of carboxylic acid groups (broad SMARTS) is 1. The summed E-state index contributed by atoms with van der Waals surface area (Å²) < 4.78 is 59.7. The summed E-state index contributed by atoms with van der Waals surface area (Å²) >= 11 is 5.52. The Bertz CT molecular complexity index is 1510. The average molecular weight is 577 g/mol. The van der Waals surface area contributed by atoms with Crippen molar-refractivity contribution in [2.24, 2.45) is 0 Å². The van der Waals surface area contributed by atoms with E-state index in [0.29, 0.717) is 11.8 Å². The third kappa shape index (κ3) is 10.7. The van der Waals surface area contributed by atoms with E-state index < -0.39 is 41.7 Å². The van der Waals surface area contributed by atoms with Crippen LogP contribution in [0.5, 0.6) is 0 Å². The summed E-state index contributed by atoms with van der Waals surface area (Å²) in [4.78, 5) is 18.8. The largest absolute Gasteiger partial charge is 0.481 e. The molecule has 0 spiro atoms. The van der Waals surface area contributed by atoms with Crippen LogP contribution in [0.1, 0.15) is 5.56 Å². The van der Waals surface area contributed by atoms with E-state index in [1.54, 1.807) is 24.3 Å². The molecule has 37 heavy (non-hydrogen) atoms. The van der Waals surface area contributed by atoms with Crippen molar-refractivity contribution >= 4 is 60.6 Å². The van der Waals surface area contributed by atoms with Crippen LogP contribution in [0, 0.1) is 10.1 Å². The Morgan fingerprint density at radius 2 is 1.49 bits per heavy atom. The van der Waals surface area contributed by atoms with Crippen molar-refractivity contribution in [2.75, 3.05) is 17.2 Å². The van der Waals surface area contributed by atoms with Crippen molar-refractivity contribution in [3.63, 3.8) is 0 Å². The number of nitro groups is 1. The van der Waals surface area contributed by atoms with Gasteiger partial charge in [0.15, 0.2) is 0 Å². The van der Waals surface area contributed by atoms with Gasteiger partial charge in [-0.05, 0) is 42.0 Å². The number of halogens is 1. The van der Waals surface area contributed by atoms with Gasteiger partial charge in [-0.2, -0.15) is 16.8 Å². The summed E-state index contributed by atoms with van der Waals surface area (Å²) in [5, 5.41) is 18.8. The van der Waals surface area contributed by atoms with E-state index in [1.807, 2.05) is 0 Å². The smallest absolute Gasteiger partial charge is 0.307 e. The van der Waals surface area contributed by atoms with Crippen LogP contribution in [0.25, 0.3) is 0 Å². The van der Waals surface area contributed by atoms with Crippen molar-refractivity contribution < 1.29 is 40.8 Å². The summed E-state index contributed by atoms with van der Waals surface area (Å²) in [6.45, 7) is 0. The van der Waals surface area contributed by atoms with Crippen molar-refractivity contribution in [1.29, 1.82) is 0 Å². The Hall–Kier alpha value is -3.96. The number of aliphatic carboxylic acids is 1. The highest BCUT2D eigenvalue weighted by Gasteiger charge is 2.18. The molecule has 0 aliphatic heterocycles. The number of carbonyl (C=O) groups is 1. The van der Waals surface area contributed by atoms with Gasteiger partial charge in [0.1, 0.15) is 4.90 Å². The van der Waals surface area contributed by atoms with Gasteiger partial charge in [0.25, 0.3) is 25.9 Å². The molecule has 0 saturated heterocycles. The van der Waals surface area contributed by atoms with Gasteiger partial charge in [-0.1, -0.05) is 23.7 Å². The number of anilines is 3. The Morgan fingerprint density at radius 3 is 1.95 bits per heavy atom. The molecule has 0 saturated carbocycles. The van der Waals surface area contributed by atoms with Gasteiger partial charge < -0.3 is 22.3 Å². The maximum Gasteiger partial charge on any atom is 0.307 e. The monoisotopic (exact) mass is 576 g/mol. The van der Waals surface area contributed by atoms with Gasteiger partial charge in [0, 0.05) is 17.8 Å². The average Bonchev–Trinajstić information content (AvgIpc) is 2.75. The Balaban J connectivity index is 0.000000280. The topological polar surface area (TPSA) is 267 Å². The molecular weight excluding hydrogens is 556 g/mol. The first kappa shape index (κ1) is 31.1. The van der Waals surface area contributed by atoms with Gasteiger partial charge in [-0.25, -0.2) is 0 Å². The van der Waals surface area contributed by atoms with Gasteiger partial charge in [0.2, 0.25) is 0 Å². The molecule has 3 rings (SSSR count). The van der Waals surface area contributed by atoms with Crippen molar-refractivity contribution in [1.82, 2.24) is 0 Å². The van der Waals surface area contributed by atoms with E-state index in [1.165, 1.54) is 12.1 Å². The van der Waals surface area contributed by atoms with Crippen molar-refractivity contribution in [3.05, 3.63) is 81.4 Å². The van der Waals surface area contributed by atoms with Crippen LogP contribution in [0.3, 0.4) is 0 Å². The molecule has 0 fully saturated rings. The lowest BCUT2D eigenvalue weighted by molar-refractivity contribution is -0.385. The molecule has 3 aromatic carbocycles. The lowest BCUT2D eigenvalue weighted by Gasteiger charge is -2.00. The number of nitrogens with zero attached hydrogens (tertiary/aromatic N) is 1. The molecule has 0 aliphatic rings. The number of nitrogens with two attached hydrogens (primary N) is 3. The highest BCUT2D eigenvalue weighted by atomic mass is 35.5. The second-order valence-corrected chi connectivity index (χ2v) is 10.1. The first-order valence-electron chi connectivity index (χ1n) is 9.52. The molecule has 0 amide bonds. The van der Waals surface area contributed by atoms with Crippen LogP contribution < -0.4 is 17.2 Å². The zero-order valence-corrected chi connectivity index (χ0v) is 20.9. The van der Waals surface area contributed by atoms with Crippen LogP contribution in [0.15, 0.2) is 70.5 Å². The number of nitro benzene ring substituents is 1. The van der Waals surface area contributed by atoms with Crippen molar-refractivity contribution in [3.8, 4) is 0 Å². The fraction of sp³-hybridized carbons (Fsp3) is 0.0500. The molecule has 0 heterocycles. The van der Waals surface area contributed by atoms with Crippen LogP contribution in [0.2, 0.25) is 5.02 Å². The summed E-state index contributed by atoms with van der Waals surface area (Å²) in [7, 11) is -8.70. The van der Waals surface area contributed by atoms with Crippen LogP contribution in [-0.4, -0.2) is 41.9 Å². The number of carboxylic acids is 1. The molecule has 0 unspecified atom stereocenters. The van der Waals surface area contributed by atoms with E-state index in [2.05, 4.69) is 0 Å². The predicted octanol–water partition coefficient (Wildman–Crippen LogP) is 2.49. The predicted molar refractivity (Wildman–Crippen MR) is 135 cm³/mol. The minimum atomic E-state index is -4.52. The summed E-state index contributed by atoms with van der Waals surface area (Å²) in [5.41, 5.74) is 16.9. The molecule has 3 aromatic rings. The van der Waals surface area contributed by atoms with Crippen LogP contribution in [-0.2, 0) is 31.5 Å². The van der Waals surface area contributed by atoms with E-state index in [-0.39, 0.29) is 27.7 Å². The zero-order valence-electron chi connectivity index (χ0n) is 18.6. The SMILES string of the molecule is Nc1ccc(S(=O)(=O)O)cc1Cl.Nc1ccc([N+](=O)[O-])cc1S(=O)(=O)O.Nc1cccc(CC(=O)O)c1. The molecule has 0 bridgehead atoms. The third-order valence-corrected chi connectivity index (χ3v) is 6.15. The number of hydrogen-bond donors (Lipinski definition) is 6. The highest BCUT2D eigenvalue weighted by molar-refractivity contribution is 7.86. The van der Waals surface area contributed by atoms with E-state index in [9.17, 15) is 31.7 Å². The summed E-state index contributed by atoms with van der Waals surface area (Å²) in [6.07, 6.45) is 0.0328. The molecule has 14 nitrogen and oxygen atoms in total. The molecule has 0 aliphatic carbocycles. The molecule has 0 aromatic heterocycles. The molecule has 9 N–H and O–H groups in total. The first-order valence-corrected chi connectivity index (χ1v) is 12.8. The summed E-state index contributed by atoms with van der Waals surface area (Å²) in [6, 6.07) is 13.2. The number of non-ortho nitro benzene ring substituents is 1. The Morgan fingerprint density at radius 1 is 0.892 bits per heavy atom. The lowest BCUT2D eigenvalue weighted by atomic mass is 10.1. The first-order chi connectivity index (χ1) is 16.9. The van der Waals surface area contributed by atoms with Crippen molar-refractivity contribution in [2.45, 2.75) is 16.2 Å². The quantitative estimate of drug-likeness (QED) is 0.110. The molecule has 17 heteroatoms. The van der Waals surface area contributed by atoms with Gasteiger partial charge >= 0.3 is 5.97 Å². The normalized spacial score (nSPS) is 10.8. The zero-order chi connectivity index (χ0) is 28.6. The van der Waals surface area contributed by atoms with E-state index in [0.717, 1.165) is 23.8 Å². The number of benzene rings is 3. The summed E-state index contributed by atoms with van der Waals surface area (Å²) in [5.74, 6) is -0.837. The van der Waals surface area contributed by atoms with E-state index >= 15 is 0 Å². The number of nitrogen functional groups attached to an aromatic ring is 3. The van der Waals surface area contributed by atoms with Crippen LogP contribution >= 0.6 is 11.6 Å². The maximum atomic E-state index is 10.7.